The second-order valence-corrected chi connectivity index (χ2v) is 5.35. The maximum Gasteiger partial charge on any atom is 0.123 e. The smallest absolute Gasteiger partial charge is 0.123 e. The summed E-state index contributed by atoms with van der Waals surface area (Å²) in [6.45, 7) is 4.35. The van der Waals surface area contributed by atoms with Crippen LogP contribution in [0.25, 0.3) is 0 Å². The van der Waals surface area contributed by atoms with Gasteiger partial charge in [0.15, 0.2) is 0 Å². The third kappa shape index (κ3) is 4.50. The van der Waals surface area contributed by atoms with E-state index in [4.69, 9.17) is 4.74 Å². The number of hydrogen-bond donors (Lipinski definition) is 1. The summed E-state index contributed by atoms with van der Waals surface area (Å²) >= 11 is 0. The van der Waals surface area contributed by atoms with Gasteiger partial charge in [0, 0.05) is 12.1 Å². The Labute approximate surface area is 115 Å². The van der Waals surface area contributed by atoms with Crippen molar-refractivity contribution >= 4 is 0 Å². The Bertz CT molecular complexity index is 388. The highest BCUT2D eigenvalue weighted by Crippen LogP contribution is 2.26. The van der Waals surface area contributed by atoms with E-state index in [1.54, 1.807) is 12.1 Å². The predicted molar refractivity (Wildman–Crippen MR) is 75.9 cm³/mol. The van der Waals surface area contributed by atoms with Crippen molar-refractivity contribution in [2.45, 2.75) is 45.6 Å². The molecule has 1 aromatic carbocycles. The third-order valence-electron chi connectivity index (χ3n) is 3.79. The van der Waals surface area contributed by atoms with Crippen LogP contribution in [0.5, 0.6) is 5.75 Å². The first-order valence-electron chi connectivity index (χ1n) is 7.41. The molecule has 2 rings (SSSR count). The van der Waals surface area contributed by atoms with E-state index in [9.17, 15) is 4.39 Å². The lowest BCUT2D eigenvalue weighted by atomic mass is 9.90. The Morgan fingerprint density at radius 3 is 2.79 bits per heavy atom. The Balaban J connectivity index is 1.93. The minimum Gasteiger partial charge on any atom is -0.493 e. The molecule has 0 unspecified atom stereocenters. The molecular weight excluding hydrogens is 241 g/mol. The highest BCUT2D eigenvalue weighted by atomic mass is 19.1. The summed E-state index contributed by atoms with van der Waals surface area (Å²) in [5, 5.41) is 3.22. The summed E-state index contributed by atoms with van der Waals surface area (Å²) in [5.74, 6) is 1.30. The monoisotopic (exact) mass is 265 g/mol. The molecule has 1 fully saturated rings. The minimum atomic E-state index is -0.196. The lowest BCUT2D eigenvalue weighted by molar-refractivity contribution is 0.207. The molecule has 1 aliphatic carbocycles. The molecule has 0 heterocycles. The van der Waals surface area contributed by atoms with Crippen LogP contribution in [0.4, 0.5) is 4.39 Å². The largest absolute Gasteiger partial charge is 0.493 e. The van der Waals surface area contributed by atoms with Crippen LogP contribution < -0.4 is 10.1 Å². The van der Waals surface area contributed by atoms with E-state index in [1.807, 2.05) is 6.92 Å². The van der Waals surface area contributed by atoms with E-state index in [1.165, 1.54) is 38.2 Å². The molecule has 0 saturated heterocycles. The van der Waals surface area contributed by atoms with Gasteiger partial charge in [-0.2, -0.15) is 0 Å². The molecule has 0 radical (unpaired) electrons. The summed E-state index contributed by atoms with van der Waals surface area (Å²) in [4.78, 5) is 0. The topological polar surface area (TPSA) is 21.3 Å². The molecule has 1 saturated carbocycles. The quantitative estimate of drug-likeness (QED) is 0.842. The Morgan fingerprint density at radius 1 is 1.26 bits per heavy atom. The number of rotatable bonds is 6. The van der Waals surface area contributed by atoms with Crippen LogP contribution in [0.15, 0.2) is 18.2 Å². The second kappa shape index (κ2) is 7.49. The molecule has 0 aromatic heterocycles. The predicted octanol–water partition coefficient (Wildman–Crippen LogP) is 3.89. The fourth-order valence-electron chi connectivity index (χ4n) is 2.65. The van der Waals surface area contributed by atoms with Crippen molar-refractivity contribution in [1.82, 2.24) is 5.32 Å². The Kier molecular flexibility index (Phi) is 5.64. The van der Waals surface area contributed by atoms with Crippen molar-refractivity contribution in [2.24, 2.45) is 5.92 Å². The van der Waals surface area contributed by atoms with Crippen LogP contribution in [0.2, 0.25) is 0 Å². The standard InChI is InChI=1S/C16H24FNO/c1-2-18-11-14-10-15(17)8-9-16(14)19-12-13-6-4-3-5-7-13/h8-10,13,18H,2-7,11-12H2,1H3. The normalized spacial score (nSPS) is 16.5. The van der Waals surface area contributed by atoms with Crippen molar-refractivity contribution < 1.29 is 9.13 Å². The van der Waals surface area contributed by atoms with E-state index in [-0.39, 0.29) is 5.82 Å². The maximum absolute atomic E-state index is 13.3. The van der Waals surface area contributed by atoms with E-state index < -0.39 is 0 Å². The molecule has 0 bridgehead atoms. The zero-order chi connectivity index (χ0) is 13.5. The number of ether oxygens (including phenoxy) is 1. The highest BCUT2D eigenvalue weighted by molar-refractivity contribution is 5.33. The summed E-state index contributed by atoms with van der Waals surface area (Å²) in [5.41, 5.74) is 0.914. The van der Waals surface area contributed by atoms with Crippen LogP contribution >= 0.6 is 0 Å². The first-order valence-corrected chi connectivity index (χ1v) is 7.41. The van der Waals surface area contributed by atoms with Gasteiger partial charge in [-0.1, -0.05) is 26.2 Å². The van der Waals surface area contributed by atoms with Crippen molar-refractivity contribution in [3.63, 3.8) is 0 Å². The molecule has 3 heteroatoms. The average Bonchev–Trinajstić information content (AvgIpc) is 2.45. The van der Waals surface area contributed by atoms with E-state index in [2.05, 4.69) is 5.32 Å². The zero-order valence-electron chi connectivity index (χ0n) is 11.8. The minimum absolute atomic E-state index is 0.196. The van der Waals surface area contributed by atoms with E-state index in [0.29, 0.717) is 12.5 Å². The Hall–Kier alpha value is -1.09. The third-order valence-corrected chi connectivity index (χ3v) is 3.79. The first kappa shape index (κ1) is 14.3. The fraction of sp³-hybridized carbons (Fsp3) is 0.625. The van der Waals surface area contributed by atoms with Gasteiger partial charge >= 0.3 is 0 Å². The van der Waals surface area contributed by atoms with Gasteiger partial charge in [-0.15, -0.1) is 0 Å². The summed E-state index contributed by atoms with van der Waals surface area (Å²) < 4.78 is 19.2. The molecule has 2 nitrogen and oxygen atoms in total. The number of benzene rings is 1. The van der Waals surface area contributed by atoms with Gasteiger partial charge in [0.05, 0.1) is 6.61 Å². The average molecular weight is 265 g/mol. The van der Waals surface area contributed by atoms with Crippen LogP contribution in [-0.2, 0) is 6.54 Å². The van der Waals surface area contributed by atoms with Gasteiger partial charge in [-0.3, -0.25) is 0 Å². The van der Waals surface area contributed by atoms with Gasteiger partial charge in [0.25, 0.3) is 0 Å². The first-order chi connectivity index (χ1) is 9.29. The van der Waals surface area contributed by atoms with Crippen LogP contribution in [-0.4, -0.2) is 13.2 Å². The van der Waals surface area contributed by atoms with Crippen LogP contribution in [0.3, 0.4) is 0 Å². The van der Waals surface area contributed by atoms with Crippen molar-refractivity contribution in [2.75, 3.05) is 13.2 Å². The highest BCUT2D eigenvalue weighted by Gasteiger charge is 2.15. The van der Waals surface area contributed by atoms with Gasteiger partial charge in [-0.05, 0) is 43.5 Å². The molecule has 0 amide bonds. The molecule has 19 heavy (non-hydrogen) atoms. The van der Waals surface area contributed by atoms with E-state index >= 15 is 0 Å². The maximum atomic E-state index is 13.3. The molecular formula is C16H24FNO. The van der Waals surface area contributed by atoms with Gasteiger partial charge in [-0.25, -0.2) is 4.39 Å². The lowest BCUT2D eigenvalue weighted by Crippen LogP contribution is -2.17. The summed E-state index contributed by atoms with van der Waals surface area (Å²) in [6.07, 6.45) is 6.54. The SMILES string of the molecule is CCNCc1cc(F)ccc1OCC1CCCCC1. The van der Waals surface area contributed by atoms with Crippen molar-refractivity contribution in [1.29, 1.82) is 0 Å². The molecule has 106 valence electrons. The molecule has 1 N–H and O–H groups in total. The van der Waals surface area contributed by atoms with Gasteiger partial charge in [0.2, 0.25) is 0 Å². The lowest BCUT2D eigenvalue weighted by Gasteiger charge is -2.22. The van der Waals surface area contributed by atoms with Gasteiger partial charge in [0.1, 0.15) is 11.6 Å². The van der Waals surface area contributed by atoms with E-state index in [0.717, 1.165) is 24.5 Å². The molecule has 1 aromatic rings. The van der Waals surface area contributed by atoms with Gasteiger partial charge < -0.3 is 10.1 Å². The summed E-state index contributed by atoms with van der Waals surface area (Å²) in [6, 6.07) is 4.80. The van der Waals surface area contributed by atoms with Crippen LogP contribution in [0.1, 0.15) is 44.6 Å². The molecule has 0 aliphatic heterocycles. The summed E-state index contributed by atoms with van der Waals surface area (Å²) in [7, 11) is 0. The fourth-order valence-corrected chi connectivity index (χ4v) is 2.65. The molecule has 0 spiro atoms. The zero-order valence-corrected chi connectivity index (χ0v) is 11.8. The number of nitrogens with one attached hydrogen (secondary N) is 1. The second-order valence-electron chi connectivity index (χ2n) is 5.35. The molecule has 1 aliphatic rings. The van der Waals surface area contributed by atoms with Crippen molar-refractivity contribution in [3.8, 4) is 5.75 Å². The number of halogens is 1. The Morgan fingerprint density at radius 2 is 2.05 bits per heavy atom. The van der Waals surface area contributed by atoms with Crippen molar-refractivity contribution in [3.05, 3.63) is 29.6 Å². The number of hydrogen-bond acceptors (Lipinski definition) is 2. The van der Waals surface area contributed by atoms with Crippen LogP contribution in [0, 0.1) is 11.7 Å². The molecule has 0 atom stereocenters.